The molecule has 3 atom stereocenters. The third kappa shape index (κ3) is 4.12. The summed E-state index contributed by atoms with van der Waals surface area (Å²) in [6.07, 6.45) is 6.45. The molecule has 106 valence electrons. The van der Waals surface area contributed by atoms with Crippen LogP contribution in [0.5, 0.6) is 5.75 Å². The molecule has 3 heteroatoms. The zero-order valence-corrected chi connectivity index (χ0v) is 12.4. The van der Waals surface area contributed by atoms with Gasteiger partial charge in [-0.3, -0.25) is 0 Å². The highest BCUT2D eigenvalue weighted by Crippen LogP contribution is 2.34. The minimum atomic E-state index is 0.261. The van der Waals surface area contributed by atoms with Gasteiger partial charge in [-0.1, -0.05) is 31.4 Å². The van der Waals surface area contributed by atoms with Gasteiger partial charge in [0.15, 0.2) is 0 Å². The second kappa shape index (κ2) is 7.16. The standard InChI is InChI=1S/C16H24ClNO/c1-2-3-12-4-5-13(11-18)16(10-12)19-15-8-6-14(17)7-9-15/h6-9,12-13,16H,2-5,10-11,18H2,1H3. The van der Waals surface area contributed by atoms with Crippen LogP contribution in [-0.2, 0) is 0 Å². The summed E-state index contributed by atoms with van der Waals surface area (Å²) in [5, 5.41) is 0.746. The summed E-state index contributed by atoms with van der Waals surface area (Å²) in [7, 11) is 0. The third-order valence-electron chi connectivity index (χ3n) is 4.14. The molecule has 1 aromatic carbocycles. The average Bonchev–Trinajstić information content (AvgIpc) is 2.42. The Morgan fingerprint density at radius 2 is 2.00 bits per heavy atom. The lowest BCUT2D eigenvalue weighted by molar-refractivity contribution is 0.0669. The molecule has 1 aliphatic rings. The smallest absolute Gasteiger partial charge is 0.119 e. The van der Waals surface area contributed by atoms with Crippen LogP contribution in [0.25, 0.3) is 0 Å². The second-order valence-electron chi connectivity index (χ2n) is 5.57. The lowest BCUT2D eigenvalue weighted by Crippen LogP contribution is -2.38. The SMILES string of the molecule is CCCC1CCC(CN)C(Oc2ccc(Cl)cc2)C1. The molecule has 1 fully saturated rings. The fraction of sp³-hybridized carbons (Fsp3) is 0.625. The fourth-order valence-electron chi connectivity index (χ4n) is 3.05. The molecule has 3 unspecified atom stereocenters. The van der Waals surface area contributed by atoms with Crippen molar-refractivity contribution in [1.82, 2.24) is 0 Å². The van der Waals surface area contributed by atoms with Gasteiger partial charge in [-0.05, 0) is 56.0 Å². The minimum absolute atomic E-state index is 0.261. The number of hydrogen-bond acceptors (Lipinski definition) is 2. The van der Waals surface area contributed by atoms with Crippen LogP contribution < -0.4 is 10.5 Å². The van der Waals surface area contributed by atoms with E-state index in [4.69, 9.17) is 22.1 Å². The van der Waals surface area contributed by atoms with Gasteiger partial charge in [0.2, 0.25) is 0 Å². The molecule has 0 bridgehead atoms. The predicted molar refractivity (Wildman–Crippen MR) is 80.7 cm³/mol. The summed E-state index contributed by atoms with van der Waals surface area (Å²) in [5.74, 6) is 2.19. The van der Waals surface area contributed by atoms with Gasteiger partial charge in [-0.15, -0.1) is 0 Å². The van der Waals surface area contributed by atoms with Gasteiger partial charge < -0.3 is 10.5 Å². The first-order valence-electron chi connectivity index (χ1n) is 7.35. The van der Waals surface area contributed by atoms with Gasteiger partial charge >= 0.3 is 0 Å². The van der Waals surface area contributed by atoms with Crippen LogP contribution in [0.15, 0.2) is 24.3 Å². The summed E-state index contributed by atoms with van der Waals surface area (Å²) >= 11 is 5.90. The molecule has 0 aromatic heterocycles. The molecule has 0 radical (unpaired) electrons. The van der Waals surface area contributed by atoms with E-state index >= 15 is 0 Å². The molecule has 2 N–H and O–H groups in total. The van der Waals surface area contributed by atoms with E-state index in [9.17, 15) is 0 Å². The van der Waals surface area contributed by atoms with Crippen LogP contribution in [-0.4, -0.2) is 12.6 Å². The van der Waals surface area contributed by atoms with Crippen molar-refractivity contribution in [2.75, 3.05) is 6.54 Å². The van der Waals surface area contributed by atoms with E-state index < -0.39 is 0 Å². The summed E-state index contributed by atoms with van der Waals surface area (Å²) < 4.78 is 6.15. The topological polar surface area (TPSA) is 35.2 Å². The van der Waals surface area contributed by atoms with Crippen LogP contribution >= 0.6 is 11.6 Å². The highest BCUT2D eigenvalue weighted by molar-refractivity contribution is 6.30. The molecule has 2 rings (SSSR count). The Morgan fingerprint density at radius 3 is 2.63 bits per heavy atom. The van der Waals surface area contributed by atoms with E-state index in [1.165, 1.54) is 25.7 Å². The molecule has 1 saturated carbocycles. The lowest BCUT2D eigenvalue weighted by atomic mass is 9.78. The summed E-state index contributed by atoms with van der Waals surface area (Å²) in [6.45, 7) is 2.97. The number of hydrogen-bond donors (Lipinski definition) is 1. The van der Waals surface area contributed by atoms with Crippen molar-refractivity contribution in [1.29, 1.82) is 0 Å². The van der Waals surface area contributed by atoms with Crippen LogP contribution in [0.4, 0.5) is 0 Å². The Morgan fingerprint density at radius 1 is 1.26 bits per heavy atom. The number of halogens is 1. The highest BCUT2D eigenvalue weighted by Gasteiger charge is 2.30. The van der Waals surface area contributed by atoms with Gasteiger partial charge in [0.25, 0.3) is 0 Å². The molecule has 0 saturated heterocycles. The van der Waals surface area contributed by atoms with Gasteiger partial charge in [0.05, 0.1) is 0 Å². The molecule has 1 aromatic rings. The van der Waals surface area contributed by atoms with Gasteiger partial charge in [-0.2, -0.15) is 0 Å². The van der Waals surface area contributed by atoms with Gasteiger partial charge in [0.1, 0.15) is 11.9 Å². The number of nitrogens with two attached hydrogens (primary N) is 1. The second-order valence-corrected chi connectivity index (χ2v) is 6.01. The van der Waals surface area contributed by atoms with Crippen molar-refractivity contribution >= 4 is 11.6 Å². The third-order valence-corrected chi connectivity index (χ3v) is 4.39. The molecule has 0 amide bonds. The van der Waals surface area contributed by atoms with Crippen molar-refractivity contribution in [3.05, 3.63) is 29.3 Å². The summed E-state index contributed by atoms with van der Waals surface area (Å²) in [4.78, 5) is 0. The molecule has 0 heterocycles. The van der Waals surface area contributed by atoms with E-state index in [0.717, 1.165) is 29.7 Å². The van der Waals surface area contributed by atoms with Crippen molar-refractivity contribution in [3.8, 4) is 5.75 Å². The Kier molecular flexibility index (Phi) is 5.53. The first-order chi connectivity index (χ1) is 9.22. The van der Waals surface area contributed by atoms with Crippen LogP contribution in [0.3, 0.4) is 0 Å². The maximum Gasteiger partial charge on any atom is 0.119 e. The monoisotopic (exact) mass is 281 g/mol. The molecule has 19 heavy (non-hydrogen) atoms. The van der Waals surface area contributed by atoms with Crippen molar-refractivity contribution in [2.24, 2.45) is 17.6 Å². The molecular weight excluding hydrogens is 258 g/mol. The Hall–Kier alpha value is -0.730. The quantitative estimate of drug-likeness (QED) is 0.875. The number of ether oxygens (including phenoxy) is 1. The van der Waals surface area contributed by atoms with Crippen LogP contribution in [0.1, 0.15) is 39.0 Å². The maximum absolute atomic E-state index is 6.15. The molecule has 2 nitrogen and oxygen atoms in total. The first kappa shape index (κ1) is 14.7. The number of rotatable bonds is 5. The molecule has 0 aliphatic heterocycles. The molecular formula is C16H24ClNO. The normalized spacial score (nSPS) is 27.2. The largest absolute Gasteiger partial charge is 0.490 e. The zero-order chi connectivity index (χ0) is 13.7. The maximum atomic E-state index is 6.15. The first-order valence-corrected chi connectivity index (χ1v) is 7.73. The predicted octanol–water partition coefficient (Wildman–Crippen LogP) is 4.26. The highest BCUT2D eigenvalue weighted by atomic mass is 35.5. The molecule has 0 spiro atoms. The van der Waals surface area contributed by atoms with Crippen LogP contribution in [0, 0.1) is 11.8 Å². The Balaban J connectivity index is 1.99. The van der Waals surface area contributed by atoms with Gasteiger partial charge in [0, 0.05) is 10.9 Å². The number of benzene rings is 1. The van der Waals surface area contributed by atoms with Crippen molar-refractivity contribution in [3.63, 3.8) is 0 Å². The lowest BCUT2D eigenvalue weighted by Gasteiger charge is -2.35. The van der Waals surface area contributed by atoms with Crippen molar-refractivity contribution < 1.29 is 4.74 Å². The Labute approximate surface area is 121 Å². The van der Waals surface area contributed by atoms with E-state index in [1.54, 1.807) is 0 Å². The minimum Gasteiger partial charge on any atom is -0.490 e. The van der Waals surface area contributed by atoms with E-state index in [-0.39, 0.29) is 6.10 Å². The van der Waals surface area contributed by atoms with E-state index in [2.05, 4.69) is 6.92 Å². The average molecular weight is 282 g/mol. The zero-order valence-electron chi connectivity index (χ0n) is 11.6. The van der Waals surface area contributed by atoms with Crippen molar-refractivity contribution in [2.45, 2.75) is 45.1 Å². The Bertz CT molecular complexity index is 379. The van der Waals surface area contributed by atoms with E-state index in [0.29, 0.717) is 5.92 Å². The fourth-order valence-corrected chi connectivity index (χ4v) is 3.17. The summed E-state index contributed by atoms with van der Waals surface area (Å²) in [6, 6.07) is 7.64. The van der Waals surface area contributed by atoms with E-state index in [1.807, 2.05) is 24.3 Å². The summed E-state index contributed by atoms with van der Waals surface area (Å²) in [5.41, 5.74) is 5.89. The van der Waals surface area contributed by atoms with Crippen LogP contribution in [0.2, 0.25) is 5.02 Å². The van der Waals surface area contributed by atoms with Gasteiger partial charge in [-0.25, -0.2) is 0 Å². The molecule has 1 aliphatic carbocycles.